The van der Waals surface area contributed by atoms with Crippen LogP contribution in [0.25, 0.3) is 17.1 Å². The fourth-order valence-corrected chi connectivity index (χ4v) is 4.58. The number of hydrogen-bond acceptors (Lipinski definition) is 6. The molecule has 2 aromatic heterocycles. The molecule has 0 saturated carbocycles. The van der Waals surface area contributed by atoms with Crippen LogP contribution >= 0.6 is 0 Å². The van der Waals surface area contributed by atoms with Crippen LogP contribution in [0, 0.1) is 5.92 Å². The summed E-state index contributed by atoms with van der Waals surface area (Å²) in [6.07, 6.45) is 8.27. The Morgan fingerprint density at radius 1 is 1.24 bits per heavy atom. The second-order valence-electron chi connectivity index (χ2n) is 8.38. The maximum atomic E-state index is 13.3. The Morgan fingerprint density at radius 2 is 2.12 bits per heavy atom. The molecule has 0 saturated heterocycles. The van der Waals surface area contributed by atoms with Gasteiger partial charge in [0.05, 0.1) is 13.2 Å². The molecule has 1 unspecified atom stereocenters. The van der Waals surface area contributed by atoms with Gasteiger partial charge in [-0.1, -0.05) is 18.2 Å². The lowest BCUT2D eigenvalue weighted by molar-refractivity contribution is -0.139. The zero-order chi connectivity index (χ0) is 23.5. The van der Waals surface area contributed by atoms with E-state index in [1.165, 1.54) is 5.56 Å². The lowest BCUT2D eigenvalue weighted by atomic mass is 9.92. The van der Waals surface area contributed by atoms with E-state index in [1.54, 1.807) is 25.4 Å². The highest BCUT2D eigenvalue weighted by molar-refractivity contribution is 6.26. The van der Waals surface area contributed by atoms with Crippen LogP contribution in [0.4, 0.5) is 0 Å². The number of nitrogens with one attached hydrogen (secondary N) is 1. The van der Waals surface area contributed by atoms with E-state index in [4.69, 9.17) is 14.2 Å². The zero-order valence-corrected chi connectivity index (χ0v) is 19.0. The number of ether oxygens (including phenoxy) is 3. The minimum atomic E-state index is -0.643. The van der Waals surface area contributed by atoms with E-state index >= 15 is 0 Å². The lowest BCUT2D eigenvalue weighted by Gasteiger charge is -2.17. The van der Waals surface area contributed by atoms with E-state index in [1.807, 2.05) is 30.3 Å². The molecule has 7 heteroatoms. The summed E-state index contributed by atoms with van der Waals surface area (Å²) in [6.45, 7) is 2.37. The van der Waals surface area contributed by atoms with Crippen LogP contribution in [0.15, 0.2) is 65.9 Å². The third-order valence-corrected chi connectivity index (χ3v) is 6.23. The van der Waals surface area contributed by atoms with Crippen molar-refractivity contribution in [2.75, 3.05) is 13.2 Å². The van der Waals surface area contributed by atoms with Crippen molar-refractivity contribution in [1.29, 1.82) is 0 Å². The number of para-hydroxylation sites is 1. The van der Waals surface area contributed by atoms with E-state index in [0.717, 1.165) is 36.0 Å². The third-order valence-electron chi connectivity index (χ3n) is 6.23. The molecular weight excluding hydrogens is 432 g/mol. The Hall–Kier alpha value is -3.87. The highest BCUT2D eigenvalue weighted by atomic mass is 16.5. The van der Waals surface area contributed by atoms with Crippen molar-refractivity contribution >= 4 is 28.9 Å². The van der Waals surface area contributed by atoms with Crippen molar-refractivity contribution in [3.05, 3.63) is 77.0 Å². The maximum absolute atomic E-state index is 13.3. The SMILES string of the molecule is CCOC(=O)C1=C(C2CCCc3ccccc3OCC2)O/C(=C\c2c[nH]c3ncccc23)C1=O. The molecule has 7 nitrogen and oxygen atoms in total. The second kappa shape index (κ2) is 9.55. The Morgan fingerprint density at radius 3 is 3.00 bits per heavy atom. The van der Waals surface area contributed by atoms with Crippen LogP contribution in [0.2, 0.25) is 0 Å². The van der Waals surface area contributed by atoms with E-state index in [0.29, 0.717) is 24.4 Å². The molecule has 4 heterocycles. The molecule has 1 N–H and O–H groups in total. The van der Waals surface area contributed by atoms with Gasteiger partial charge < -0.3 is 19.2 Å². The van der Waals surface area contributed by atoms with Crippen LogP contribution in [0.1, 0.15) is 37.3 Å². The number of aromatic amines is 1. The number of benzene rings is 1. The van der Waals surface area contributed by atoms with Gasteiger partial charge in [-0.05, 0) is 62.4 Å². The van der Waals surface area contributed by atoms with Gasteiger partial charge in [0.2, 0.25) is 5.78 Å². The number of aromatic nitrogens is 2. The van der Waals surface area contributed by atoms with E-state index in [2.05, 4.69) is 16.0 Å². The molecule has 0 aliphatic carbocycles. The molecule has 0 bridgehead atoms. The van der Waals surface area contributed by atoms with Crippen LogP contribution < -0.4 is 4.74 Å². The van der Waals surface area contributed by atoms with Crippen molar-refractivity contribution in [1.82, 2.24) is 9.97 Å². The van der Waals surface area contributed by atoms with Gasteiger partial charge >= 0.3 is 5.97 Å². The van der Waals surface area contributed by atoms with E-state index < -0.39 is 11.8 Å². The maximum Gasteiger partial charge on any atom is 0.345 e. The number of nitrogens with zero attached hydrogens (tertiary/aromatic N) is 1. The average molecular weight is 459 g/mol. The van der Waals surface area contributed by atoms with Crippen molar-refractivity contribution < 1.29 is 23.8 Å². The van der Waals surface area contributed by atoms with Gasteiger partial charge in [-0.15, -0.1) is 0 Å². The van der Waals surface area contributed by atoms with Crippen molar-refractivity contribution in [2.45, 2.75) is 32.6 Å². The van der Waals surface area contributed by atoms with Crippen molar-refractivity contribution in [3.8, 4) is 5.75 Å². The molecule has 2 aliphatic rings. The van der Waals surface area contributed by atoms with Crippen LogP contribution in [0.5, 0.6) is 5.75 Å². The number of rotatable bonds is 4. The summed E-state index contributed by atoms with van der Waals surface area (Å²) in [5.41, 5.74) is 2.64. The number of ketones is 1. The summed E-state index contributed by atoms with van der Waals surface area (Å²) in [5, 5.41) is 0.867. The Kier molecular flexibility index (Phi) is 6.16. The molecule has 34 heavy (non-hydrogen) atoms. The first-order valence-electron chi connectivity index (χ1n) is 11.6. The average Bonchev–Trinajstić information content (AvgIpc) is 3.42. The molecule has 0 amide bonds. The standard InChI is InChI=1S/C27H26N2O5/c1-2-32-27(31)23-24(30)22(15-19-16-29-26-20(19)10-6-13-28-26)34-25(23)18-9-5-8-17-7-3-4-11-21(17)33-14-12-18/h3-4,6-7,10-11,13,15-16,18H,2,5,8-9,12,14H2,1H3,(H,28,29)/b22-15-. The summed E-state index contributed by atoms with van der Waals surface area (Å²) in [7, 11) is 0. The monoisotopic (exact) mass is 458 g/mol. The molecule has 174 valence electrons. The summed E-state index contributed by atoms with van der Waals surface area (Å²) in [6, 6.07) is 11.8. The van der Waals surface area contributed by atoms with Gasteiger partial charge in [-0.2, -0.15) is 0 Å². The number of carbonyl (C=O) groups is 2. The summed E-state index contributed by atoms with van der Waals surface area (Å²) < 4.78 is 17.4. The van der Waals surface area contributed by atoms with Crippen LogP contribution in [-0.4, -0.2) is 34.9 Å². The number of carbonyl (C=O) groups excluding carboxylic acids is 2. The molecule has 2 aliphatic heterocycles. The first-order valence-corrected chi connectivity index (χ1v) is 11.6. The molecule has 0 fully saturated rings. The number of allylic oxidation sites excluding steroid dienone is 2. The largest absolute Gasteiger partial charge is 0.493 e. The zero-order valence-electron chi connectivity index (χ0n) is 19.0. The highest BCUT2D eigenvalue weighted by Crippen LogP contribution is 2.37. The smallest absolute Gasteiger partial charge is 0.345 e. The number of aryl methyl sites for hydroxylation is 1. The molecule has 5 rings (SSSR count). The van der Waals surface area contributed by atoms with Gasteiger partial charge in [0.1, 0.15) is 22.7 Å². The van der Waals surface area contributed by atoms with E-state index in [-0.39, 0.29) is 23.9 Å². The molecule has 3 aromatic rings. The van der Waals surface area contributed by atoms with E-state index in [9.17, 15) is 9.59 Å². The molecule has 0 spiro atoms. The minimum absolute atomic E-state index is 0.00664. The van der Waals surface area contributed by atoms with Crippen molar-refractivity contribution in [2.24, 2.45) is 5.92 Å². The Labute approximate surface area is 197 Å². The topological polar surface area (TPSA) is 90.5 Å². The predicted molar refractivity (Wildman–Crippen MR) is 127 cm³/mol. The lowest BCUT2D eigenvalue weighted by Crippen LogP contribution is -2.17. The number of fused-ring (bicyclic) bond motifs is 2. The van der Waals surface area contributed by atoms with Gasteiger partial charge in [0.25, 0.3) is 0 Å². The first kappa shape index (κ1) is 21.9. The van der Waals surface area contributed by atoms with Crippen LogP contribution in [0.3, 0.4) is 0 Å². The summed E-state index contributed by atoms with van der Waals surface area (Å²) >= 11 is 0. The highest BCUT2D eigenvalue weighted by Gasteiger charge is 2.39. The Bertz CT molecular complexity index is 1270. The number of H-pyrrole nitrogens is 1. The quantitative estimate of drug-likeness (QED) is 0.345. The summed E-state index contributed by atoms with van der Waals surface area (Å²) in [5.74, 6) is 0.174. The normalized spacial score (nSPS) is 19.7. The number of esters is 1. The van der Waals surface area contributed by atoms with Gasteiger partial charge in [-0.3, -0.25) is 4.79 Å². The second-order valence-corrected chi connectivity index (χ2v) is 8.38. The van der Waals surface area contributed by atoms with Crippen molar-refractivity contribution in [3.63, 3.8) is 0 Å². The third kappa shape index (κ3) is 4.21. The van der Waals surface area contributed by atoms with Gasteiger partial charge in [-0.25, -0.2) is 9.78 Å². The summed E-state index contributed by atoms with van der Waals surface area (Å²) in [4.78, 5) is 33.5. The first-order chi connectivity index (χ1) is 16.7. The number of hydrogen-bond donors (Lipinski definition) is 1. The number of pyridine rings is 1. The molecule has 1 atom stereocenters. The Balaban J connectivity index is 1.46. The molecule has 0 radical (unpaired) electrons. The van der Waals surface area contributed by atoms with Gasteiger partial charge in [0.15, 0.2) is 5.76 Å². The fraction of sp³-hybridized carbons (Fsp3) is 0.296. The molecule has 1 aromatic carbocycles. The fourth-order valence-electron chi connectivity index (χ4n) is 4.58. The number of Topliss-reactive ketones (excluding diaryl/α,β-unsaturated/α-hetero) is 1. The minimum Gasteiger partial charge on any atom is -0.493 e. The molecular formula is C27H26N2O5. The van der Waals surface area contributed by atoms with Crippen LogP contribution in [-0.2, 0) is 25.5 Å². The van der Waals surface area contributed by atoms with Gasteiger partial charge in [0, 0.05) is 29.3 Å². The predicted octanol–water partition coefficient (Wildman–Crippen LogP) is 4.74.